The van der Waals surface area contributed by atoms with Crippen LogP contribution < -0.4 is 9.47 Å². The summed E-state index contributed by atoms with van der Waals surface area (Å²) in [4.78, 5) is 10.3. The number of carboxylic acid groups (broad SMARTS) is 1. The number of hydrogen-bond acceptors (Lipinski definition) is 3. The van der Waals surface area contributed by atoms with Crippen molar-refractivity contribution in [1.29, 1.82) is 0 Å². The zero-order valence-corrected chi connectivity index (χ0v) is 9.39. The van der Waals surface area contributed by atoms with Gasteiger partial charge in [-0.05, 0) is 30.5 Å². The van der Waals surface area contributed by atoms with E-state index in [1.54, 1.807) is 6.08 Å². The first-order valence-corrected chi connectivity index (χ1v) is 5.54. The van der Waals surface area contributed by atoms with E-state index in [1.165, 1.54) is 0 Å². The maximum absolute atomic E-state index is 10.3. The highest BCUT2D eigenvalue weighted by Gasteiger charge is 2.10. The maximum Gasteiger partial charge on any atom is 0.327 e. The van der Waals surface area contributed by atoms with Crippen molar-refractivity contribution in [3.63, 3.8) is 0 Å². The van der Waals surface area contributed by atoms with Crippen LogP contribution >= 0.6 is 0 Å². The second-order valence-electron chi connectivity index (χ2n) is 3.76. The summed E-state index contributed by atoms with van der Waals surface area (Å²) in [5, 5.41) is 8.45. The largest absolute Gasteiger partial charge is 0.486 e. The lowest BCUT2D eigenvalue weighted by Gasteiger charge is -2.18. The highest BCUT2D eigenvalue weighted by Crippen LogP contribution is 2.30. The molecule has 0 aliphatic carbocycles. The van der Waals surface area contributed by atoms with Gasteiger partial charge in [-0.1, -0.05) is 12.1 Å². The van der Waals surface area contributed by atoms with Gasteiger partial charge in [0.05, 0.1) is 0 Å². The lowest BCUT2D eigenvalue weighted by atomic mass is 10.1. The van der Waals surface area contributed by atoms with Crippen LogP contribution in [0.3, 0.4) is 0 Å². The number of carbonyl (C=O) groups is 1. The molecular weight excluding hydrogens is 220 g/mol. The Bertz CT molecular complexity index is 437. The minimum atomic E-state index is -0.910. The third-order valence-corrected chi connectivity index (χ3v) is 2.47. The molecule has 0 saturated carbocycles. The summed E-state index contributed by atoms with van der Waals surface area (Å²) in [6.45, 7) is 1.17. The molecule has 0 unspecified atom stereocenters. The van der Waals surface area contributed by atoms with E-state index < -0.39 is 5.97 Å². The molecule has 1 heterocycles. The van der Waals surface area contributed by atoms with Gasteiger partial charge in [-0.25, -0.2) is 4.79 Å². The van der Waals surface area contributed by atoms with Crippen LogP contribution in [0, 0.1) is 0 Å². The molecule has 0 bridgehead atoms. The standard InChI is InChI=1S/C13H14O4/c14-13(15)4-2-1-3-10-5-6-11-12(9-10)17-8-7-16-11/h2,4-6,9H,1,3,7-8H2,(H,14,15)/b4-2+. The molecule has 2 rings (SSSR count). The third-order valence-electron chi connectivity index (χ3n) is 2.47. The Hall–Kier alpha value is -1.97. The molecule has 17 heavy (non-hydrogen) atoms. The van der Waals surface area contributed by atoms with Crippen molar-refractivity contribution in [2.24, 2.45) is 0 Å². The maximum atomic E-state index is 10.3. The second-order valence-corrected chi connectivity index (χ2v) is 3.76. The van der Waals surface area contributed by atoms with Gasteiger partial charge in [0.15, 0.2) is 11.5 Å². The van der Waals surface area contributed by atoms with Crippen molar-refractivity contribution >= 4 is 5.97 Å². The number of carboxylic acids is 1. The first kappa shape index (κ1) is 11.5. The molecule has 1 aromatic carbocycles. The van der Waals surface area contributed by atoms with Crippen LogP contribution in [0.5, 0.6) is 11.5 Å². The smallest absolute Gasteiger partial charge is 0.327 e. The third kappa shape index (κ3) is 3.24. The summed E-state index contributed by atoms with van der Waals surface area (Å²) >= 11 is 0. The van der Waals surface area contributed by atoms with Crippen molar-refractivity contribution in [1.82, 2.24) is 0 Å². The fourth-order valence-electron chi connectivity index (χ4n) is 1.68. The normalized spacial score (nSPS) is 13.9. The second kappa shape index (κ2) is 5.39. The first-order valence-electron chi connectivity index (χ1n) is 5.54. The van der Waals surface area contributed by atoms with Crippen LogP contribution in [-0.4, -0.2) is 24.3 Å². The summed E-state index contributed by atoms with van der Waals surface area (Å²) in [6, 6.07) is 5.82. The van der Waals surface area contributed by atoms with Gasteiger partial charge in [-0.3, -0.25) is 0 Å². The molecule has 0 amide bonds. The molecule has 0 spiro atoms. The minimum absolute atomic E-state index is 0.579. The number of ether oxygens (including phenoxy) is 2. The van der Waals surface area contributed by atoms with Gasteiger partial charge in [0.2, 0.25) is 0 Å². The van der Waals surface area contributed by atoms with Gasteiger partial charge in [0.25, 0.3) is 0 Å². The molecule has 4 heteroatoms. The van der Waals surface area contributed by atoms with Crippen LogP contribution in [0.15, 0.2) is 30.4 Å². The fraction of sp³-hybridized carbons (Fsp3) is 0.308. The summed E-state index contributed by atoms with van der Waals surface area (Å²) in [5.41, 5.74) is 1.12. The quantitative estimate of drug-likeness (QED) is 0.810. The molecule has 0 atom stereocenters. The van der Waals surface area contributed by atoms with Gasteiger partial charge >= 0.3 is 5.97 Å². The molecule has 90 valence electrons. The number of aliphatic carboxylic acids is 1. The van der Waals surface area contributed by atoms with E-state index in [9.17, 15) is 4.79 Å². The van der Waals surface area contributed by atoms with E-state index in [-0.39, 0.29) is 0 Å². The van der Waals surface area contributed by atoms with Crippen LogP contribution in [0.2, 0.25) is 0 Å². The number of fused-ring (bicyclic) bond motifs is 1. The number of rotatable bonds is 4. The average Bonchev–Trinajstić information content (AvgIpc) is 2.34. The van der Waals surface area contributed by atoms with Crippen LogP contribution in [-0.2, 0) is 11.2 Å². The number of benzene rings is 1. The zero-order valence-electron chi connectivity index (χ0n) is 9.39. The van der Waals surface area contributed by atoms with E-state index in [0.29, 0.717) is 19.6 Å². The van der Waals surface area contributed by atoms with E-state index in [0.717, 1.165) is 29.6 Å². The van der Waals surface area contributed by atoms with Crippen LogP contribution in [0.1, 0.15) is 12.0 Å². The fourth-order valence-corrected chi connectivity index (χ4v) is 1.68. The molecule has 1 aliphatic heterocycles. The zero-order chi connectivity index (χ0) is 12.1. The molecule has 0 fully saturated rings. The summed E-state index contributed by atoms with van der Waals surface area (Å²) in [7, 11) is 0. The topological polar surface area (TPSA) is 55.8 Å². The Labute approximate surface area is 99.5 Å². The molecule has 0 aromatic heterocycles. The Balaban J connectivity index is 1.95. The van der Waals surface area contributed by atoms with Crippen molar-refractivity contribution in [2.75, 3.05) is 13.2 Å². The molecule has 1 aliphatic rings. The van der Waals surface area contributed by atoms with Crippen molar-refractivity contribution in [3.05, 3.63) is 35.9 Å². The SMILES string of the molecule is O=C(O)/C=C/CCc1ccc2c(c1)OCCO2. The predicted molar refractivity (Wildman–Crippen MR) is 62.5 cm³/mol. The van der Waals surface area contributed by atoms with E-state index >= 15 is 0 Å². The van der Waals surface area contributed by atoms with E-state index in [4.69, 9.17) is 14.6 Å². The molecule has 0 radical (unpaired) electrons. The number of allylic oxidation sites excluding steroid dienone is 1. The van der Waals surface area contributed by atoms with Crippen molar-refractivity contribution in [2.45, 2.75) is 12.8 Å². The molecular formula is C13H14O4. The van der Waals surface area contributed by atoms with Crippen molar-refractivity contribution < 1.29 is 19.4 Å². The van der Waals surface area contributed by atoms with Crippen LogP contribution in [0.25, 0.3) is 0 Å². The molecule has 4 nitrogen and oxygen atoms in total. The number of aryl methyl sites for hydroxylation is 1. The average molecular weight is 234 g/mol. The first-order chi connectivity index (χ1) is 8.25. The summed E-state index contributed by atoms with van der Waals surface area (Å²) in [6.07, 6.45) is 4.31. The Kier molecular flexibility index (Phi) is 3.65. The minimum Gasteiger partial charge on any atom is -0.486 e. The van der Waals surface area contributed by atoms with Gasteiger partial charge in [0, 0.05) is 6.08 Å². The Morgan fingerprint density at radius 2 is 2.06 bits per heavy atom. The lowest BCUT2D eigenvalue weighted by molar-refractivity contribution is -0.131. The Morgan fingerprint density at radius 3 is 2.82 bits per heavy atom. The summed E-state index contributed by atoms with van der Waals surface area (Å²) in [5.74, 6) is 0.643. The Morgan fingerprint density at radius 1 is 1.29 bits per heavy atom. The number of hydrogen-bond donors (Lipinski definition) is 1. The van der Waals surface area contributed by atoms with E-state index in [2.05, 4.69) is 0 Å². The van der Waals surface area contributed by atoms with Gasteiger partial charge in [-0.15, -0.1) is 0 Å². The van der Waals surface area contributed by atoms with Gasteiger partial charge in [-0.2, -0.15) is 0 Å². The van der Waals surface area contributed by atoms with Crippen molar-refractivity contribution in [3.8, 4) is 11.5 Å². The van der Waals surface area contributed by atoms with Gasteiger partial charge in [0.1, 0.15) is 13.2 Å². The van der Waals surface area contributed by atoms with E-state index in [1.807, 2.05) is 18.2 Å². The molecule has 1 N–H and O–H groups in total. The highest BCUT2D eigenvalue weighted by atomic mass is 16.6. The molecule has 0 saturated heterocycles. The monoisotopic (exact) mass is 234 g/mol. The molecule has 1 aromatic rings. The highest BCUT2D eigenvalue weighted by molar-refractivity contribution is 5.79. The van der Waals surface area contributed by atoms with Crippen LogP contribution in [0.4, 0.5) is 0 Å². The summed E-state index contributed by atoms with van der Waals surface area (Å²) < 4.78 is 10.9. The lowest BCUT2D eigenvalue weighted by Crippen LogP contribution is -2.15. The van der Waals surface area contributed by atoms with Gasteiger partial charge < -0.3 is 14.6 Å². The predicted octanol–water partition coefficient (Wildman–Crippen LogP) is 2.03.